The predicted molar refractivity (Wildman–Crippen MR) is 90.0 cm³/mol. The number of hydrogen-bond acceptors (Lipinski definition) is 6. The molecule has 0 saturated heterocycles. The average molecular weight is 331 g/mol. The van der Waals surface area contributed by atoms with Crippen molar-refractivity contribution in [3.05, 3.63) is 35.9 Å². The van der Waals surface area contributed by atoms with Crippen molar-refractivity contribution in [2.75, 3.05) is 34.5 Å². The van der Waals surface area contributed by atoms with Crippen molar-refractivity contribution in [2.24, 2.45) is 5.73 Å². The molecule has 1 aliphatic heterocycles. The maximum Gasteiger partial charge on any atom is 0.161 e. The lowest BCUT2D eigenvalue weighted by molar-refractivity contribution is 0.000837. The Kier molecular flexibility index (Phi) is 4.26. The molecule has 0 saturated carbocycles. The van der Waals surface area contributed by atoms with Gasteiger partial charge in [0.2, 0.25) is 0 Å². The predicted octanol–water partition coefficient (Wildman–Crippen LogP) is 1.92. The van der Waals surface area contributed by atoms with Crippen molar-refractivity contribution >= 4 is 0 Å². The topological polar surface area (TPSA) is 83.2 Å². The minimum Gasteiger partial charge on any atom is -0.497 e. The zero-order valence-corrected chi connectivity index (χ0v) is 14.0. The fourth-order valence-electron chi connectivity index (χ4n) is 2.90. The minimum absolute atomic E-state index is 0.0145. The molecule has 6 heteroatoms. The molecule has 24 heavy (non-hydrogen) atoms. The van der Waals surface area contributed by atoms with E-state index in [4.69, 9.17) is 24.7 Å². The molecule has 1 aliphatic rings. The zero-order valence-electron chi connectivity index (χ0n) is 14.0. The van der Waals surface area contributed by atoms with Gasteiger partial charge in [0.05, 0.1) is 21.3 Å². The first-order valence-electron chi connectivity index (χ1n) is 7.56. The summed E-state index contributed by atoms with van der Waals surface area (Å²) in [5.74, 6) is 2.39. The number of rotatable bonds is 4. The van der Waals surface area contributed by atoms with Gasteiger partial charge in [0.25, 0.3) is 0 Å². The molecule has 0 aromatic heterocycles. The first-order chi connectivity index (χ1) is 11.6. The Labute approximate surface area is 140 Å². The second kappa shape index (κ2) is 6.22. The Balaban J connectivity index is 2.29. The number of benzene rings is 2. The number of hydrogen-bond donors (Lipinski definition) is 2. The third-order valence-electron chi connectivity index (χ3n) is 4.31. The van der Waals surface area contributed by atoms with E-state index in [0.717, 1.165) is 11.1 Å². The van der Waals surface area contributed by atoms with Crippen molar-refractivity contribution in [1.29, 1.82) is 0 Å². The van der Waals surface area contributed by atoms with Gasteiger partial charge in [-0.2, -0.15) is 0 Å². The number of nitrogens with two attached hydrogens (primary N) is 1. The third kappa shape index (κ3) is 2.53. The summed E-state index contributed by atoms with van der Waals surface area (Å²) in [6, 6.07) is 9.10. The molecule has 6 nitrogen and oxygen atoms in total. The van der Waals surface area contributed by atoms with E-state index in [1.165, 1.54) is 0 Å². The molecule has 0 fully saturated rings. The highest BCUT2D eigenvalue weighted by Crippen LogP contribution is 2.46. The summed E-state index contributed by atoms with van der Waals surface area (Å²) in [5, 5.41) is 11.0. The van der Waals surface area contributed by atoms with Gasteiger partial charge in [0.15, 0.2) is 11.5 Å². The molecule has 2 aromatic rings. The smallest absolute Gasteiger partial charge is 0.161 e. The van der Waals surface area contributed by atoms with E-state index in [1.54, 1.807) is 33.5 Å². The molecule has 0 bridgehead atoms. The summed E-state index contributed by atoms with van der Waals surface area (Å²) in [7, 11) is 4.72. The molecular weight excluding hydrogens is 310 g/mol. The lowest BCUT2D eigenvalue weighted by Gasteiger charge is -2.27. The highest BCUT2D eigenvalue weighted by Gasteiger charge is 2.36. The summed E-state index contributed by atoms with van der Waals surface area (Å²) in [4.78, 5) is 0. The van der Waals surface area contributed by atoms with Gasteiger partial charge in [-0.3, -0.25) is 0 Å². The van der Waals surface area contributed by atoms with Crippen LogP contribution in [0.1, 0.15) is 5.56 Å². The van der Waals surface area contributed by atoms with Crippen LogP contribution in [0.5, 0.6) is 23.0 Å². The fourth-order valence-corrected chi connectivity index (χ4v) is 2.90. The zero-order chi connectivity index (χ0) is 17.3. The van der Waals surface area contributed by atoms with E-state index in [9.17, 15) is 5.11 Å². The number of methoxy groups -OCH3 is 3. The fraction of sp³-hybridized carbons (Fsp3) is 0.333. The molecule has 3 rings (SSSR count). The van der Waals surface area contributed by atoms with Crippen molar-refractivity contribution in [3.8, 4) is 34.1 Å². The summed E-state index contributed by atoms with van der Waals surface area (Å²) >= 11 is 0. The number of aliphatic hydroxyl groups is 1. The molecule has 0 radical (unpaired) electrons. The van der Waals surface area contributed by atoms with Gasteiger partial charge in [-0.05, 0) is 29.8 Å². The Morgan fingerprint density at radius 1 is 1.04 bits per heavy atom. The molecule has 1 atom stereocenters. The second-order valence-electron chi connectivity index (χ2n) is 5.64. The van der Waals surface area contributed by atoms with Gasteiger partial charge < -0.3 is 29.8 Å². The monoisotopic (exact) mass is 331 g/mol. The first kappa shape index (κ1) is 16.4. The SMILES string of the molecule is COc1ccc2c(c1)OCC(O)(CN)c1cc(OC)c(OC)cc1-2. The van der Waals surface area contributed by atoms with E-state index < -0.39 is 5.60 Å². The van der Waals surface area contributed by atoms with Crippen LogP contribution in [0.3, 0.4) is 0 Å². The molecule has 0 amide bonds. The quantitative estimate of drug-likeness (QED) is 0.890. The maximum atomic E-state index is 11.0. The molecule has 3 N–H and O–H groups in total. The summed E-state index contributed by atoms with van der Waals surface area (Å²) in [6.07, 6.45) is 0. The van der Waals surface area contributed by atoms with Crippen LogP contribution in [0.2, 0.25) is 0 Å². The highest BCUT2D eigenvalue weighted by atomic mass is 16.5. The number of fused-ring (bicyclic) bond motifs is 3. The van der Waals surface area contributed by atoms with Crippen LogP contribution < -0.4 is 24.7 Å². The van der Waals surface area contributed by atoms with Gasteiger partial charge >= 0.3 is 0 Å². The van der Waals surface area contributed by atoms with Crippen LogP contribution in [-0.4, -0.2) is 39.6 Å². The van der Waals surface area contributed by atoms with Crippen LogP contribution in [0.25, 0.3) is 11.1 Å². The molecule has 2 aromatic carbocycles. The van der Waals surface area contributed by atoms with Crippen molar-refractivity contribution in [1.82, 2.24) is 0 Å². The lowest BCUT2D eigenvalue weighted by Crippen LogP contribution is -2.40. The van der Waals surface area contributed by atoms with Gasteiger partial charge in [-0.25, -0.2) is 0 Å². The van der Waals surface area contributed by atoms with Gasteiger partial charge in [-0.15, -0.1) is 0 Å². The van der Waals surface area contributed by atoms with E-state index in [-0.39, 0.29) is 13.2 Å². The second-order valence-corrected chi connectivity index (χ2v) is 5.64. The Bertz CT molecular complexity index is 761. The van der Waals surface area contributed by atoms with Crippen LogP contribution in [0.4, 0.5) is 0 Å². The summed E-state index contributed by atoms with van der Waals surface area (Å²) in [5.41, 5.74) is 6.78. The molecular formula is C18H21NO5. The van der Waals surface area contributed by atoms with Gasteiger partial charge in [-0.1, -0.05) is 0 Å². The van der Waals surface area contributed by atoms with E-state index in [2.05, 4.69) is 0 Å². The van der Waals surface area contributed by atoms with E-state index in [0.29, 0.717) is 28.6 Å². The third-order valence-corrected chi connectivity index (χ3v) is 4.31. The highest BCUT2D eigenvalue weighted by molar-refractivity contribution is 5.78. The molecule has 128 valence electrons. The molecule has 0 spiro atoms. The van der Waals surface area contributed by atoms with Crippen LogP contribution >= 0.6 is 0 Å². The molecule has 1 unspecified atom stereocenters. The summed E-state index contributed by atoms with van der Waals surface area (Å²) < 4.78 is 21.9. The Hall–Kier alpha value is -2.44. The maximum absolute atomic E-state index is 11.0. The van der Waals surface area contributed by atoms with E-state index >= 15 is 0 Å². The first-order valence-corrected chi connectivity index (χ1v) is 7.56. The van der Waals surface area contributed by atoms with Crippen LogP contribution in [0.15, 0.2) is 30.3 Å². The molecule has 0 aliphatic carbocycles. The van der Waals surface area contributed by atoms with Crippen molar-refractivity contribution in [3.63, 3.8) is 0 Å². The standard InChI is InChI=1S/C18H21NO5/c1-21-11-4-5-12-13-7-16(22-2)17(23-3)8-14(13)18(20,9-19)10-24-15(12)6-11/h4-8,20H,9-10,19H2,1-3H3. The van der Waals surface area contributed by atoms with Crippen molar-refractivity contribution in [2.45, 2.75) is 5.60 Å². The van der Waals surface area contributed by atoms with Gasteiger partial charge in [0.1, 0.15) is 23.7 Å². The largest absolute Gasteiger partial charge is 0.497 e. The number of ether oxygens (including phenoxy) is 4. The normalized spacial score (nSPS) is 18.7. The Morgan fingerprint density at radius 2 is 1.75 bits per heavy atom. The lowest BCUT2D eigenvalue weighted by atomic mass is 9.87. The summed E-state index contributed by atoms with van der Waals surface area (Å²) in [6.45, 7) is 0.0484. The van der Waals surface area contributed by atoms with E-state index in [1.807, 2.05) is 18.2 Å². The average Bonchev–Trinajstić information content (AvgIpc) is 2.75. The minimum atomic E-state index is -1.33. The van der Waals surface area contributed by atoms with Gasteiger partial charge in [0, 0.05) is 23.7 Å². The van der Waals surface area contributed by atoms with Crippen LogP contribution in [-0.2, 0) is 5.60 Å². The Morgan fingerprint density at radius 3 is 2.38 bits per heavy atom. The molecule has 1 heterocycles. The van der Waals surface area contributed by atoms with Crippen molar-refractivity contribution < 1.29 is 24.1 Å². The van der Waals surface area contributed by atoms with Crippen LogP contribution in [0, 0.1) is 0 Å².